The number of hydrogen-bond donors (Lipinski definition) is 3. The van der Waals surface area contributed by atoms with Gasteiger partial charge in [-0.2, -0.15) is 0 Å². The van der Waals surface area contributed by atoms with Crippen molar-refractivity contribution in [1.29, 1.82) is 0 Å². The van der Waals surface area contributed by atoms with Gasteiger partial charge in [0.2, 0.25) is 0 Å². The van der Waals surface area contributed by atoms with E-state index in [1.54, 1.807) is 0 Å². The van der Waals surface area contributed by atoms with Crippen LogP contribution in [0.25, 0.3) is 0 Å². The van der Waals surface area contributed by atoms with E-state index in [9.17, 15) is 9.59 Å². The van der Waals surface area contributed by atoms with E-state index in [0.29, 0.717) is 25.7 Å². The normalized spacial score (nSPS) is 28.6. The molecule has 1 saturated heterocycles. The zero-order valence-electron chi connectivity index (χ0n) is 12.7. The molecule has 0 unspecified atom stereocenters. The minimum Gasteiger partial charge on any atom is -0.481 e. The van der Waals surface area contributed by atoms with Crippen molar-refractivity contribution in [2.75, 3.05) is 19.8 Å². The van der Waals surface area contributed by atoms with Gasteiger partial charge >= 0.3 is 12.0 Å². The van der Waals surface area contributed by atoms with Crippen LogP contribution >= 0.6 is 0 Å². The van der Waals surface area contributed by atoms with Gasteiger partial charge in [0.1, 0.15) is 0 Å². The molecule has 21 heavy (non-hydrogen) atoms. The molecule has 3 N–H and O–H groups in total. The highest BCUT2D eigenvalue weighted by atomic mass is 16.5. The van der Waals surface area contributed by atoms with E-state index in [4.69, 9.17) is 9.84 Å². The van der Waals surface area contributed by atoms with Gasteiger partial charge in [-0.3, -0.25) is 4.79 Å². The fourth-order valence-corrected chi connectivity index (χ4v) is 3.12. The van der Waals surface area contributed by atoms with Crippen LogP contribution in [-0.2, 0) is 9.53 Å². The number of rotatable bonds is 4. The summed E-state index contributed by atoms with van der Waals surface area (Å²) in [4.78, 5) is 22.9. The van der Waals surface area contributed by atoms with Gasteiger partial charge in [0, 0.05) is 25.3 Å². The Morgan fingerprint density at radius 1 is 1.19 bits per heavy atom. The summed E-state index contributed by atoms with van der Waals surface area (Å²) in [6.07, 6.45) is 4.87. The minimum atomic E-state index is -0.688. The number of aliphatic carboxylic acids is 1. The first-order valence-corrected chi connectivity index (χ1v) is 7.85. The van der Waals surface area contributed by atoms with Crippen molar-refractivity contribution >= 4 is 12.0 Å². The van der Waals surface area contributed by atoms with Crippen molar-refractivity contribution < 1.29 is 19.4 Å². The fourth-order valence-electron chi connectivity index (χ4n) is 3.12. The maximum absolute atomic E-state index is 12.0. The number of carbonyl (C=O) groups is 2. The van der Waals surface area contributed by atoms with Crippen molar-refractivity contribution in [1.82, 2.24) is 10.6 Å². The van der Waals surface area contributed by atoms with Crippen LogP contribution in [0.3, 0.4) is 0 Å². The molecule has 2 fully saturated rings. The number of nitrogens with one attached hydrogen (secondary N) is 2. The second-order valence-electron chi connectivity index (χ2n) is 6.56. The Morgan fingerprint density at radius 2 is 1.81 bits per heavy atom. The van der Waals surface area contributed by atoms with E-state index in [0.717, 1.165) is 38.5 Å². The molecule has 0 atom stereocenters. The maximum atomic E-state index is 12.0. The van der Waals surface area contributed by atoms with Gasteiger partial charge in [-0.15, -0.1) is 0 Å². The van der Waals surface area contributed by atoms with Gasteiger partial charge in [-0.25, -0.2) is 4.79 Å². The summed E-state index contributed by atoms with van der Waals surface area (Å²) in [5, 5.41) is 14.9. The molecule has 0 spiro atoms. The molecule has 1 saturated carbocycles. The molecule has 0 radical (unpaired) electrons. The summed E-state index contributed by atoms with van der Waals surface area (Å²) in [5.41, 5.74) is -0.177. The van der Waals surface area contributed by atoms with Crippen molar-refractivity contribution in [3.05, 3.63) is 0 Å². The first-order valence-electron chi connectivity index (χ1n) is 7.85. The smallest absolute Gasteiger partial charge is 0.315 e. The van der Waals surface area contributed by atoms with E-state index in [1.807, 2.05) is 6.92 Å². The zero-order chi connectivity index (χ0) is 15.3. The second kappa shape index (κ2) is 7.11. The quantitative estimate of drug-likeness (QED) is 0.738. The molecule has 2 aliphatic rings. The Hall–Kier alpha value is -1.30. The van der Waals surface area contributed by atoms with E-state index in [2.05, 4.69) is 10.6 Å². The molecule has 6 heteroatoms. The van der Waals surface area contributed by atoms with Crippen LogP contribution in [0.5, 0.6) is 0 Å². The van der Waals surface area contributed by atoms with E-state index in [1.165, 1.54) is 0 Å². The van der Waals surface area contributed by atoms with Crippen LogP contribution in [0.4, 0.5) is 4.79 Å². The molecule has 0 bridgehead atoms. The van der Waals surface area contributed by atoms with Crippen molar-refractivity contribution in [2.24, 2.45) is 11.8 Å². The highest BCUT2D eigenvalue weighted by Gasteiger charge is 2.30. The molecule has 1 aliphatic heterocycles. The predicted molar refractivity (Wildman–Crippen MR) is 78.1 cm³/mol. The van der Waals surface area contributed by atoms with Gasteiger partial charge < -0.3 is 20.5 Å². The van der Waals surface area contributed by atoms with Gasteiger partial charge in [-0.05, 0) is 51.4 Å². The van der Waals surface area contributed by atoms with Crippen LogP contribution in [0.1, 0.15) is 45.4 Å². The van der Waals surface area contributed by atoms with Crippen LogP contribution in [0, 0.1) is 11.8 Å². The summed E-state index contributed by atoms with van der Waals surface area (Å²) in [6.45, 7) is 4.06. The number of carboxylic acid groups (broad SMARTS) is 1. The van der Waals surface area contributed by atoms with E-state index < -0.39 is 5.97 Å². The number of amides is 2. The lowest BCUT2D eigenvalue weighted by atomic mass is 9.82. The largest absolute Gasteiger partial charge is 0.481 e. The van der Waals surface area contributed by atoms with Crippen molar-refractivity contribution in [3.8, 4) is 0 Å². The van der Waals surface area contributed by atoms with Gasteiger partial charge in [0.25, 0.3) is 0 Å². The third-order valence-corrected chi connectivity index (χ3v) is 4.76. The van der Waals surface area contributed by atoms with Crippen LogP contribution in [-0.4, -0.2) is 42.4 Å². The molecule has 0 aromatic heterocycles. The third kappa shape index (κ3) is 4.88. The SMILES string of the molecule is CC1(NC(=O)NCC2CCC(C(=O)O)CC2)CCOCC1. The average Bonchev–Trinajstić information content (AvgIpc) is 2.46. The summed E-state index contributed by atoms with van der Waals surface area (Å²) in [5.74, 6) is -0.489. The van der Waals surface area contributed by atoms with Crippen molar-refractivity contribution in [2.45, 2.75) is 51.0 Å². The first kappa shape index (κ1) is 16.1. The molecule has 0 aromatic carbocycles. The Labute approximate surface area is 125 Å². The highest BCUT2D eigenvalue weighted by Crippen LogP contribution is 2.28. The topological polar surface area (TPSA) is 87.7 Å². The van der Waals surface area contributed by atoms with Crippen LogP contribution in [0.2, 0.25) is 0 Å². The van der Waals surface area contributed by atoms with Crippen LogP contribution in [0.15, 0.2) is 0 Å². The minimum absolute atomic E-state index is 0.125. The Kier molecular flexibility index (Phi) is 5.45. The average molecular weight is 298 g/mol. The highest BCUT2D eigenvalue weighted by molar-refractivity contribution is 5.74. The molecule has 1 aliphatic carbocycles. The Morgan fingerprint density at radius 3 is 2.38 bits per heavy atom. The number of carboxylic acids is 1. The second-order valence-corrected chi connectivity index (χ2v) is 6.56. The third-order valence-electron chi connectivity index (χ3n) is 4.76. The molecular weight excluding hydrogens is 272 g/mol. The van der Waals surface area contributed by atoms with E-state index in [-0.39, 0.29) is 17.5 Å². The lowest BCUT2D eigenvalue weighted by molar-refractivity contribution is -0.143. The summed E-state index contributed by atoms with van der Waals surface area (Å²) < 4.78 is 5.31. The number of ether oxygens (including phenoxy) is 1. The maximum Gasteiger partial charge on any atom is 0.315 e. The number of hydrogen-bond acceptors (Lipinski definition) is 3. The Bertz CT molecular complexity index is 372. The van der Waals surface area contributed by atoms with Gasteiger partial charge in [-0.1, -0.05) is 0 Å². The summed E-state index contributed by atoms with van der Waals surface area (Å²) in [6, 6.07) is -0.125. The standard InChI is InChI=1S/C15H26N2O4/c1-15(6-8-21-9-7-15)17-14(20)16-10-11-2-4-12(5-3-11)13(18)19/h11-12H,2-10H2,1H3,(H,18,19)(H2,16,17,20). The lowest BCUT2D eigenvalue weighted by Gasteiger charge is -2.34. The molecule has 2 rings (SSSR count). The summed E-state index contributed by atoms with van der Waals surface area (Å²) >= 11 is 0. The van der Waals surface area contributed by atoms with Gasteiger partial charge in [0.15, 0.2) is 0 Å². The molecule has 2 amide bonds. The number of urea groups is 1. The molecule has 120 valence electrons. The monoisotopic (exact) mass is 298 g/mol. The molecule has 0 aromatic rings. The fraction of sp³-hybridized carbons (Fsp3) is 0.867. The first-order chi connectivity index (χ1) is 9.98. The van der Waals surface area contributed by atoms with Crippen LogP contribution < -0.4 is 10.6 Å². The van der Waals surface area contributed by atoms with Gasteiger partial charge in [0.05, 0.1) is 5.92 Å². The lowest BCUT2D eigenvalue weighted by Crippen LogP contribution is -2.53. The van der Waals surface area contributed by atoms with E-state index >= 15 is 0 Å². The summed E-state index contributed by atoms with van der Waals surface area (Å²) in [7, 11) is 0. The molecular formula is C15H26N2O4. The number of carbonyl (C=O) groups excluding carboxylic acids is 1. The zero-order valence-corrected chi connectivity index (χ0v) is 12.7. The predicted octanol–water partition coefficient (Wildman–Crippen LogP) is 1.75. The molecule has 6 nitrogen and oxygen atoms in total. The molecule has 1 heterocycles. The van der Waals surface area contributed by atoms with Crippen molar-refractivity contribution in [3.63, 3.8) is 0 Å². The Balaban J connectivity index is 1.66.